The molecule has 0 radical (unpaired) electrons. The molecule has 27 heavy (non-hydrogen) atoms. The maximum atomic E-state index is 11.6. The number of ether oxygens (including phenoxy) is 1. The number of piperidine rings is 1. The monoisotopic (exact) mass is 371 g/mol. The van der Waals surface area contributed by atoms with Crippen LogP contribution >= 0.6 is 0 Å². The standard InChI is InChI=1S/C20H29N5O2/c1-21-19(24-16-9-12-25(13-10-16)20(26)27-2)22-11-5-6-15-14-23-18-8-4-3-7-17(15)18/h3-4,7-8,14,16,23H,5-6,9-13H2,1-2H3,(H2,21,22,24). The number of hydrogen-bond acceptors (Lipinski definition) is 3. The maximum absolute atomic E-state index is 11.6. The number of guanidine groups is 1. The van der Waals surface area contributed by atoms with Gasteiger partial charge >= 0.3 is 6.09 Å². The summed E-state index contributed by atoms with van der Waals surface area (Å²) in [6.07, 6.45) is 5.70. The Morgan fingerprint density at radius 1 is 1.33 bits per heavy atom. The molecule has 0 spiro atoms. The highest BCUT2D eigenvalue weighted by molar-refractivity contribution is 5.83. The molecular formula is C20H29N5O2. The van der Waals surface area contributed by atoms with Crippen molar-refractivity contribution in [2.24, 2.45) is 4.99 Å². The molecule has 1 saturated heterocycles. The summed E-state index contributed by atoms with van der Waals surface area (Å²) >= 11 is 0. The van der Waals surface area contributed by atoms with Gasteiger partial charge < -0.3 is 25.3 Å². The molecule has 3 rings (SSSR count). The van der Waals surface area contributed by atoms with Crippen LogP contribution in [-0.2, 0) is 11.2 Å². The first-order chi connectivity index (χ1) is 13.2. The summed E-state index contributed by atoms with van der Waals surface area (Å²) in [6.45, 7) is 2.28. The lowest BCUT2D eigenvalue weighted by molar-refractivity contribution is 0.111. The summed E-state index contributed by atoms with van der Waals surface area (Å²) in [5.74, 6) is 0.824. The quantitative estimate of drug-likeness (QED) is 0.428. The number of benzene rings is 1. The third kappa shape index (κ3) is 4.93. The smallest absolute Gasteiger partial charge is 0.409 e. The van der Waals surface area contributed by atoms with E-state index in [-0.39, 0.29) is 6.09 Å². The van der Waals surface area contributed by atoms with Crippen LogP contribution in [0.15, 0.2) is 35.5 Å². The van der Waals surface area contributed by atoms with Crippen LogP contribution in [0.1, 0.15) is 24.8 Å². The molecule has 146 valence electrons. The predicted molar refractivity (Wildman–Crippen MR) is 108 cm³/mol. The number of carbonyl (C=O) groups excluding carboxylic acids is 1. The Labute approximate surface area is 160 Å². The molecule has 0 atom stereocenters. The molecule has 7 heteroatoms. The number of amides is 1. The lowest BCUT2D eigenvalue weighted by Gasteiger charge is -2.32. The maximum Gasteiger partial charge on any atom is 0.409 e. The second kappa shape index (κ2) is 9.30. The fourth-order valence-electron chi connectivity index (χ4n) is 3.55. The van der Waals surface area contributed by atoms with E-state index in [1.165, 1.54) is 23.6 Å². The molecule has 1 aliphatic rings. The molecule has 2 aromatic rings. The van der Waals surface area contributed by atoms with Crippen molar-refractivity contribution in [3.8, 4) is 0 Å². The lowest BCUT2D eigenvalue weighted by atomic mass is 10.1. The number of nitrogens with one attached hydrogen (secondary N) is 3. The molecular weight excluding hydrogens is 342 g/mol. The number of hydrogen-bond donors (Lipinski definition) is 3. The first-order valence-electron chi connectivity index (χ1n) is 9.56. The molecule has 1 fully saturated rings. The zero-order valence-corrected chi connectivity index (χ0v) is 16.1. The topological polar surface area (TPSA) is 81.8 Å². The number of aromatic amines is 1. The Hall–Kier alpha value is -2.70. The van der Waals surface area contributed by atoms with E-state index in [0.717, 1.165) is 38.2 Å². The van der Waals surface area contributed by atoms with Gasteiger partial charge in [0.25, 0.3) is 0 Å². The van der Waals surface area contributed by atoms with E-state index in [1.807, 2.05) is 0 Å². The van der Waals surface area contributed by atoms with Gasteiger partial charge in [0, 0.05) is 49.8 Å². The van der Waals surface area contributed by atoms with Gasteiger partial charge in [0.2, 0.25) is 0 Å². The van der Waals surface area contributed by atoms with E-state index < -0.39 is 0 Å². The van der Waals surface area contributed by atoms with Crippen LogP contribution in [0.3, 0.4) is 0 Å². The van der Waals surface area contributed by atoms with Gasteiger partial charge in [-0.3, -0.25) is 4.99 Å². The summed E-state index contributed by atoms with van der Waals surface area (Å²) in [4.78, 5) is 20.9. The summed E-state index contributed by atoms with van der Waals surface area (Å²) in [7, 11) is 3.22. The molecule has 2 heterocycles. The van der Waals surface area contributed by atoms with Crippen molar-refractivity contribution in [2.45, 2.75) is 31.7 Å². The number of para-hydroxylation sites is 1. The fourth-order valence-corrected chi connectivity index (χ4v) is 3.55. The van der Waals surface area contributed by atoms with Crippen LogP contribution in [0.25, 0.3) is 10.9 Å². The van der Waals surface area contributed by atoms with Gasteiger partial charge in [0.05, 0.1) is 7.11 Å². The molecule has 7 nitrogen and oxygen atoms in total. The van der Waals surface area contributed by atoms with Crippen LogP contribution in [0, 0.1) is 0 Å². The number of aromatic nitrogens is 1. The molecule has 0 saturated carbocycles. The third-order valence-electron chi connectivity index (χ3n) is 5.08. The van der Waals surface area contributed by atoms with Crippen molar-refractivity contribution in [3.05, 3.63) is 36.0 Å². The van der Waals surface area contributed by atoms with Crippen LogP contribution in [0.2, 0.25) is 0 Å². The molecule has 0 bridgehead atoms. The Morgan fingerprint density at radius 2 is 2.11 bits per heavy atom. The summed E-state index contributed by atoms with van der Waals surface area (Å²) in [5, 5.41) is 8.16. The van der Waals surface area contributed by atoms with Crippen molar-refractivity contribution in [1.29, 1.82) is 0 Å². The minimum Gasteiger partial charge on any atom is -0.453 e. The van der Waals surface area contributed by atoms with Crippen molar-refractivity contribution in [2.75, 3.05) is 33.8 Å². The second-order valence-electron chi connectivity index (χ2n) is 6.84. The van der Waals surface area contributed by atoms with Crippen molar-refractivity contribution in [1.82, 2.24) is 20.5 Å². The molecule has 0 unspecified atom stereocenters. The van der Waals surface area contributed by atoms with Crippen molar-refractivity contribution >= 4 is 23.0 Å². The van der Waals surface area contributed by atoms with Gasteiger partial charge in [-0.05, 0) is 37.3 Å². The summed E-state index contributed by atoms with van der Waals surface area (Å²) in [5.41, 5.74) is 2.54. The Balaban J connectivity index is 1.39. The van der Waals surface area contributed by atoms with Crippen molar-refractivity contribution < 1.29 is 9.53 Å². The second-order valence-corrected chi connectivity index (χ2v) is 6.84. The van der Waals surface area contributed by atoms with Crippen molar-refractivity contribution in [3.63, 3.8) is 0 Å². The summed E-state index contributed by atoms with van der Waals surface area (Å²) in [6, 6.07) is 8.72. The average molecular weight is 371 g/mol. The highest BCUT2D eigenvalue weighted by atomic mass is 16.5. The van der Waals surface area contributed by atoms with E-state index in [0.29, 0.717) is 19.1 Å². The van der Waals surface area contributed by atoms with Gasteiger partial charge in [-0.2, -0.15) is 0 Å². The zero-order valence-electron chi connectivity index (χ0n) is 16.1. The third-order valence-corrected chi connectivity index (χ3v) is 5.08. The number of fused-ring (bicyclic) bond motifs is 1. The van der Waals surface area contributed by atoms with Crippen LogP contribution < -0.4 is 10.6 Å². The van der Waals surface area contributed by atoms with Crippen LogP contribution in [0.4, 0.5) is 4.79 Å². The lowest BCUT2D eigenvalue weighted by Crippen LogP contribution is -2.49. The first-order valence-corrected chi connectivity index (χ1v) is 9.56. The highest BCUT2D eigenvalue weighted by Crippen LogP contribution is 2.18. The van der Waals surface area contributed by atoms with Crippen LogP contribution in [0.5, 0.6) is 0 Å². The number of H-pyrrole nitrogens is 1. The van der Waals surface area contributed by atoms with E-state index in [1.54, 1.807) is 11.9 Å². The minimum atomic E-state index is -0.242. The van der Waals surface area contributed by atoms with Gasteiger partial charge in [-0.25, -0.2) is 4.79 Å². The fraction of sp³-hybridized carbons (Fsp3) is 0.500. The number of aliphatic imine (C=N–C) groups is 1. The molecule has 1 aromatic carbocycles. The van der Waals surface area contributed by atoms with Gasteiger partial charge in [0.1, 0.15) is 0 Å². The Morgan fingerprint density at radius 3 is 2.85 bits per heavy atom. The van der Waals surface area contributed by atoms with E-state index in [4.69, 9.17) is 4.74 Å². The average Bonchev–Trinajstić information content (AvgIpc) is 3.13. The number of carbonyl (C=O) groups is 1. The summed E-state index contributed by atoms with van der Waals surface area (Å²) < 4.78 is 4.78. The van der Waals surface area contributed by atoms with Crippen LogP contribution in [-0.4, -0.2) is 61.8 Å². The highest BCUT2D eigenvalue weighted by Gasteiger charge is 2.23. The van der Waals surface area contributed by atoms with Gasteiger partial charge in [-0.1, -0.05) is 18.2 Å². The molecule has 1 aromatic heterocycles. The van der Waals surface area contributed by atoms with Gasteiger partial charge in [0.15, 0.2) is 5.96 Å². The number of methoxy groups -OCH3 is 1. The Bertz CT molecular complexity index is 778. The minimum absolute atomic E-state index is 0.242. The SMILES string of the molecule is CN=C(NCCCc1c[nH]c2ccccc12)NC1CCN(C(=O)OC)CC1. The number of likely N-dealkylation sites (tertiary alicyclic amines) is 1. The first kappa shape index (κ1) is 19.1. The van der Waals surface area contributed by atoms with E-state index in [2.05, 4.69) is 51.1 Å². The Kier molecular flexibility index (Phi) is 6.57. The molecule has 1 aliphatic heterocycles. The number of rotatable bonds is 5. The largest absolute Gasteiger partial charge is 0.453 e. The van der Waals surface area contributed by atoms with E-state index >= 15 is 0 Å². The van der Waals surface area contributed by atoms with Gasteiger partial charge in [-0.15, -0.1) is 0 Å². The normalized spacial score (nSPS) is 15.8. The predicted octanol–water partition coefficient (Wildman–Crippen LogP) is 2.50. The number of nitrogens with zero attached hydrogens (tertiary/aromatic N) is 2. The number of aryl methyl sites for hydroxylation is 1. The zero-order chi connectivity index (χ0) is 19.1. The molecule has 0 aliphatic carbocycles. The van der Waals surface area contributed by atoms with E-state index in [9.17, 15) is 4.79 Å². The molecule has 1 amide bonds. The molecule has 3 N–H and O–H groups in total.